The Morgan fingerprint density at radius 3 is 2.52 bits per heavy atom. The second-order valence-electron chi connectivity index (χ2n) is 5.61. The summed E-state index contributed by atoms with van der Waals surface area (Å²) in [4.78, 5) is 13.9. The van der Waals surface area contributed by atoms with Crippen molar-refractivity contribution in [3.05, 3.63) is 28.3 Å². The Labute approximate surface area is 130 Å². The molecule has 1 aromatic rings. The molecule has 21 heavy (non-hydrogen) atoms. The fourth-order valence-electron chi connectivity index (χ4n) is 2.44. The smallest absolute Gasteiger partial charge is 0.253 e. The minimum Gasteiger partial charge on any atom is -0.341 e. The summed E-state index contributed by atoms with van der Waals surface area (Å²) < 4.78 is 23.2. The topological polar surface area (TPSA) is 80.5 Å². The Balaban J connectivity index is 2.30. The molecule has 0 unspecified atom stereocenters. The van der Waals surface area contributed by atoms with Gasteiger partial charge in [-0.25, -0.2) is 13.6 Å². The quantitative estimate of drug-likeness (QED) is 0.918. The molecule has 5 nitrogen and oxygen atoms in total. The van der Waals surface area contributed by atoms with E-state index >= 15 is 0 Å². The van der Waals surface area contributed by atoms with Crippen LogP contribution in [0.15, 0.2) is 17.0 Å². The highest BCUT2D eigenvalue weighted by Gasteiger charge is 2.24. The highest BCUT2D eigenvalue weighted by molar-refractivity contribution is 7.89. The van der Waals surface area contributed by atoms with Crippen LogP contribution < -0.4 is 5.14 Å². The molecule has 2 N–H and O–H groups in total. The van der Waals surface area contributed by atoms with Crippen molar-refractivity contribution in [1.29, 1.82) is 0 Å². The van der Waals surface area contributed by atoms with Crippen molar-refractivity contribution in [1.82, 2.24) is 4.90 Å². The number of hydrogen-bond donors (Lipinski definition) is 1. The minimum atomic E-state index is -3.91. The van der Waals surface area contributed by atoms with Crippen LogP contribution >= 0.6 is 11.6 Å². The van der Waals surface area contributed by atoms with E-state index in [-0.39, 0.29) is 21.4 Å². The van der Waals surface area contributed by atoms with Gasteiger partial charge in [0.25, 0.3) is 5.91 Å². The van der Waals surface area contributed by atoms with Gasteiger partial charge in [-0.05, 0) is 43.4 Å². The Hall–Kier alpha value is -1.11. The molecular formula is C14H19ClN2O3S. The van der Waals surface area contributed by atoms with Gasteiger partial charge in [0.2, 0.25) is 10.0 Å². The number of rotatable bonds is 4. The van der Waals surface area contributed by atoms with Crippen molar-refractivity contribution >= 4 is 27.5 Å². The molecule has 116 valence electrons. The summed E-state index contributed by atoms with van der Waals surface area (Å²) in [6.45, 7) is 2.24. The molecule has 0 saturated heterocycles. The second-order valence-corrected chi connectivity index (χ2v) is 7.55. The van der Waals surface area contributed by atoms with Gasteiger partial charge < -0.3 is 4.90 Å². The molecule has 1 aliphatic carbocycles. The number of sulfonamides is 1. The summed E-state index contributed by atoms with van der Waals surface area (Å²) in [7, 11) is -2.20. The zero-order chi connectivity index (χ0) is 15.8. The van der Waals surface area contributed by atoms with E-state index in [1.54, 1.807) is 18.9 Å². The van der Waals surface area contributed by atoms with Crippen molar-refractivity contribution < 1.29 is 13.2 Å². The summed E-state index contributed by atoms with van der Waals surface area (Å²) in [6, 6.07) is 2.79. The summed E-state index contributed by atoms with van der Waals surface area (Å²) in [6.07, 6.45) is 3.47. The lowest BCUT2D eigenvalue weighted by molar-refractivity contribution is 0.0745. The van der Waals surface area contributed by atoms with Crippen molar-refractivity contribution in [3.63, 3.8) is 0 Å². The normalized spacial score (nSPS) is 15.6. The highest BCUT2D eigenvalue weighted by atomic mass is 35.5. The fourth-order valence-corrected chi connectivity index (χ4v) is 3.54. The van der Waals surface area contributed by atoms with Crippen LogP contribution in [0.4, 0.5) is 0 Å². The number of amides is 1. The molecule has 0 aromatic heterocycles. The average Bonchev–Trinajstić information content (AvgIpc) is 2.34. The standard InChI is InChI=1S/C14H19ClN2O3S/c1-9-12(15)6-11(7-13(9)21(16,19)20)14(18)17(2)8-10-4-3-5-10/h6-7,10H,3-5,8H2,1-2H3,(H2,16,19,20). The van der Waals surface area contributed by atoms with Crippen molar-refractivity contribution in [2.45, 2.75) is 31.1 Å². The van der Waals surface area contributed by atoms with Crippen LogP contribution in [0, 0.1) is 12.8 Å². The molecule has 7 heteroatoms. The molecule has 0 radical (unpaired) electrons. The van der Waals surface area contributed by atoms with E-state index in [1.807, 2.05) is 0 Å². The van der Waals surface area contributed by atoms with Gasteiger partial charge in [-0.2, -0.15) is 0 Å². The zero-order valence-corrected chi connectivity index (χ0v) is 13.7. The molecular weight excluding hydrogens is 312 g/mol. The van der Waals surface area contributed by atoms with Crippen LogP contribution in [-0.4, -0.2) is 32.8 Å². The number of primary sulfonamides is 1. The molecule has 1 aliphatic rings. The first kappa shape index (κ1) is 16.3. The second kappa shape index (κ2) is 5.94. The van der Waals surface area contributed by atoms with Crippen LogP contribution in [-0.2, 0) is 10.0 Å². The number of halogens is 1. The lowest BCUT2D eigenvalue weighted by atomic mass is 9.85. The summed E-state index contributed by atoms with van der Waals surface area (Å²) in [5.74, 6) is 0.297. The third kappa shape index (κ3) is 3.56. The van der Waals surface area contributed by atoms with E-state index in [4.69, 9.17) is 16.7 Å². The Morgan fingerprint density at radius 1 is 1.43 bits per heavy atom. The van der Waals surface area contributed by atoms with E-state index in [0.717, 1.165) is 12.8 Å². The lowest BCUT2D eigenvalue weighted by Gasteiger charge is -2.30. The fraction of sp³-hybridized carbons (Fsp3) is 0.500. The Bertz CT molecular complexity index is 669. The number of nitrogens with zero attached hydrogens (tertiary/aromatic N) is 1. The van der Waals surface area contributed by atoms with Crippen LogP contribution in [0.25, 0.3) is 0 Å². The maximum absolute atomic E-state index is 12.4. The minimum absolute atomic E-state index is 0.101. The van der Waals surface area contributed by atoms with Gasteiger partial charge in [0.05, 0.1) is 4.90 Å². The predicted molar refractivity (Wildman–Crippen MR) is 81.9 cm³/mol. The van der Waals surface area contributed by atoms with Gasteiger partial charge in [0, 0.05) is 24.2 Å². The van der Waals surface area contributed by atoms with Gasteiger partial charge >= 0.3 is 0 Å². The van der Waals surface area contributed by atoms with E-state index < -0.39 is 10.0 Å². The number of nitrogens with two attached hydrogens (primary N) is 1. The number of benzene rings is 1. The maximum Gasteiger partial charge on any atom is 0.253 e. The van der Waals surface area contributed by atoms with Crippen molar-refractivity contribution in [2.24, 2.45) is 11.1 Å². The van der Waals surface area contributed by atoms with Crippen LogP contribution in [0.2, 0.25) is 5.02 Å². The summed E-state index contributed by atoms with van der Waals surface area (Å²) in [5, 5.41) is 5.40. The molecule has 1 aromatic carbocycles. The SMILES string of the molecule is Cc1c(Cl)cc(C(=O)N(C)CC2CCC2)cc1S(N)(=O)=O. The monoisotopic (exact) mass is 330 g/mol. The highest BCUT2D eigenvalue weighted by Crippen LogP contribution is 2.28. The predicted octanol–water partition coefficient (Wildman–Crippen LogP) is 2.17. The van der Waals surface area contributed by atoms with Gasteiger partial charge in [-0.15, -0.1) is 0 Å². The number of carbonyl (C=O) groups excluding carboxylic acids is 1. The Kier molecular flexibility index (Phi) is 4.60. The average molecular weight is 331 g/mol. The molecule has 2 rings (SSSR count). The molecule has 1 amide bonds. The van der Waals surface area contributed by atoms with Crippen LogP contribution in [0.1, 0.15) is 35.2 Å². The molecule has 1 saturated carbocycles. The molecule has 0 atom stereocenters. The first-order valence-electron chi connectivity index (χ1n) is 6.78. The first-order valence-corrected chi connectivity index (χ1v) is 8.71. The van der Waals surface area contributed by atoms with Crippen molar-refractivity contribution in [2.75, 3.05) is 13.6 Å². The molecule has 0 aliphatic heterocycles. The largest absolute Gasteiger partial charge is 0.341 e. The maximum atomic E-state index is 12.4. The van der Waals surface area contributed by atoms with Gasteiger partial charge in [0.1, 0.15) is 0 Å². The molecule has 0 heterocycles. The van der Waals surface area contributed by atoms with Crippen LogP contribution in [0.3, 0.4) is 0 Å². The van der Waals surface area contributed by atoms with E-state index in [0.29, 0.717) is 18.0 Å². The third-order valence-electron chi connectivity index (χ3n) is 3.95. The number of carbonyl (C=O) groups is 1. The first-order chi connectivity index (χ1) is 9.70. The van der Waals surface area contributed by atoms with Crippen molar-refractivity contribution in [3.8, 4) is 0 Å². The Morgan fingerprint density at radius 2 is 2.05 bits per heavy atom. The zero-order valence-electron chi connectivity index (χ0n) is 12.1. The van der Waals surface area contributed by atoms with Gasteiger partial charge in [-0.1, -0.05) is 18.0 Å². The lowest BCUT2D eigenvalue weighted by Crippen LogP contribution is -2.34. The van der Waals surface area contributed by atoms with Gasteiger partial charge in [0.15, 0.2) is 0 Å². The summed E-state index contributed by atoms with van der Waals surface area (Å²) >= 11 is 6.03. The van der Waals surface area contributed by atoms with E-state index in [9.17, 15) is 13.2 Å². The number of hydrogen-bond acceptors (Lipinski definition) is 3. The van der Waals surface area contributed by atoms with Gasteiger partial charge in [-0.3, -0.25) is 4.79 Å². The molecule has 1 fully saturated rings. The third-order valence-corrected chi connectivity index (χ3v) is 5.38. The van der Waals surface area contributed by atoms with E-state index in [1.165, 1.54) is 18.6 Å². The molecule has 0 bridgehead atoms. The molecule has 0 spiro atoms. The summed E-state index contributed by atoms with van der Waals surface area (Å²) in [5.41, 5.74) is 0.605. The van der Waals surface area contributed by atoms with E-state index in [2.05, 4.69) is 0 Å². The van der Waals surface area contributed by atoms with Crippen LogP contribution in [0.5, 0.6) is 0 Å².